The van der Waals surface area contributed by atoms with Gasteiger partial charge in [0.25, 0.3) is 11.6 Å². The van der Waals surface area contributed by atoms with Gasteiger partial charge in [-0.05, 0) is 56.2 Å². The van der Waals surface area contributed by atoms with Crippen molar-refractivity contribution in [2.45, 2.75) is 51.0 Å². The van der Waals surface area contributed by atoms with Gasteiger partial charge in [-0.15, -0.1) is 11.3 Å². The Hall–Kier alpha value is -4.13. The van der Waals surface area contributed by atoms with Crippen LogP contribution in [-0.2, 0) is 27.2 Å². The first-order chi connectivity index (χ1) is 18.8. The maximum absolute atomic E-state index is 12.7. The van der Waals surface area contributed by atoms with Gasteiger partial charge in [0.15, 0.2) is 5.01 Å². The number of amides is 2. The molecule has 0 unspecified atom stereocenters. The molecule has 1 aliphatic heterocycles. The first kappa shape index (κ1) is 27.9. The average Bonchev–Trinajstić information content (AvgIpc) is 3.38. The van der Waals surface area contributed by atoms with Crippen molar-refractivity contribution in [2.75, 3.05) is 25.5 Å². The molecular weight excluding hydrogens is 524 g/mol. The highest BCUT2D eigenvalue weighted by Crippen LogP contribution is 2.26. The minimum absolute atomic E-state index is 0.0626. The summed E-state index contributed by atoms with van der Waals surface area (Å²) in [6.45, 7) is 1.11. The molecular formula is C26H30N6O6S. The molecule has 1 aromatic carbocycles. The number of nitro groups is 1. The normalized spacial score (nSPS) is 13.2. The predicted molar refractivity (Wildman–Crippen MR) is 146 cm³/mol. The Morgan fingerprint density at radius 1 is 1.21 bits per heavy atom. The van der Waals surface area contributed by atoms with E-state index >= 15 is 0 Å². The van der Waals surface area contributed by atoms with Crippen molar-refractivity contribution >= 4 is 50.8 Å². The van der Waals surface area contributed by atoms with Crippen LogP contribution in [0, 0.1) is 10.1 Å². The van der Waals surface area contributed by atoms with Crippen LogP contribution in [0.3, 0.4) is 0 Å². The number of anilines is 1. The fourth-order valence-corrected chi connectivity index (χ4v) is 5.18. The molecule has 2 amide bonds. The van der Waals surface area contributed by atoms with Crippen LogP contribution in [0.25, 0.3) is 10.2 Å². The van der Waals surface area contributed by atoms with Gasteiger partial charge in [0.05, 0.1) is 22.2 Å². The van der Waals surface area contributed by atoms with Crippen molar-refractivity contribution in [1.82, 2.24) is 20.6 Å². The molecule has 4 rings (SSSR count). The third-order valence-electron chi connectivity index (χ3n) is 6.36. The molecule has 0 bridgehead atoms. The van der Waals surface area contributed by atoms with Crippen LogP contribution in [-0.4, -0.2) is 58.9 Å². The highest BCUT2D eigenvalue weighted by atomic mass is 32.1. The van der Waals surface area contributed by atoms with Gasteiger partial charge < -0.3 is 20.7 Å². The van der Waals surface area contributed by atoms with Gasteiger partial charge in [-0.25, -0.2) is 14.8 Å². The second-order valence-corrected chi connectivity index (χ2v) is 10.2. The van der Waals surface area contributed by atoms with Gasteiger partial charge >= 0.3 is 5.97 Å². The molecule has 12 nitrogen and oxygen atoms in total. The van der Waals surface area contributed by atoms with Crippen LogP contribution in [0.4, 0.5) is 11.5 Å². The van der Waals surface area contributed by atoms with Crippen LogP contribution >= 0.6 is 11.3 Å². The standard InChI is InChI=1S/C26H30N6O6S/c1-38-26(35)20(30-24(34)25-31-19-11-10-18(32(36)37)15-21(19)39-25)12-14-27-22(33)7-3-2-6-17-9-8-16-5-4-13-28-23(16)29-17/h8-11,15,20H,2-7,12-14H2,1H3,(H,27,33)(H,28,29)(H,30,34)/t20-/m0/s1. The van der Waals surface area contributed by atoms with Crippen molar-refractivity contribution < 1.29 is 24.0 Å². The SMILES string of the molecule is COC(=O)[C@H](CCNC(=O)CCCCc1ccc2c(n1)NCCC2)NC(=O)c1nc2ccc([N+](=O)[O-])cc2s1. The largest absolute Gasteiger partial charge is 0.467 e. The minimum atomic E-state index is -0.993. The number of pyridine rings is 1. The summed E-state index contributed by atoms with van der Waals surface area (Å²) < 4.78 is 5.28. The van der Waals surface area contributed by atoms with Gasteiger partial charge in [0, 0.05) is 37.3 Å². The third kappa shape index (κ3) is 7.47. The monoisotopic (exact) mass is 554 g/mol. The van der Waals surface area contributed by atoms with Gasteiger partial charge in [0.2, 0.25) is 5.91 Å². The first-order valence-corrected chi connectivity index (χ1v) is 13.6. The Morgan fingerprint density at radius 2 is 2.05 bits per heavy atom. The number of aryl methyl sites for hydroxylation is 2. The number of methoxy groups -OCH3 is 1. The number of thiazole rings is 1. The maximum atomic E-state index is 12.7. The molecule has 1 aliphatic rings. The van der Waals surface area contributed by atoms with Crippen LogP contribution < -0.4 is 16.0 Å². The maximum Gasteiger partial charge on any atom is 0.328 e. The average molecular weight is 555 g/mol. The van der Waals surface area contributed by atoms with Gasteiger partial charge in [-0.2, -0.15) is 0 Å². The van der Waals surface area contributed by atoms with Crippen molar-refractivity contribution in [3.8, 4) is 0 Å². The number of ether oxygens (including phenoxy) is 1. The van der Waals surface area contributed by atoms with E-state index < -0.39 is 22.8 Å². The summed E-state index contributed by atoms with van der Waals surface area (Å²) in [5.74, 6) is -0.429. The van der Waals surface area contributed by atoms with E-state index in [0.29, 0.717) is 23.1 Å². The van der Waals surface area contributed by atoms with Crippen molar-refractivity contribution in [3.05, 3.63) is 56.7 Å². The third-order valence-corrected chi connectivity index (χ3v) is 7.38. The topological polar surface area (TPSA) is 165 Å². The fraction of sp³-hybridized carbons (Fsp3) is 0.423. The van der Waals surface area contributed by atoms with Crippen molar-refractivity contribution in [3.63, 3.8) is 0 Å². The summed E-state index contributed by atoms with van der Waals surface area (Å²) in [7, 11) is 1.21. The van der Waals surface area contributed by atoms with E-state index in [1.54, 1.807) is 0 Å². The Kier molecular flexibility index (Phi) is 9.36. The number of nitrogens with zero attached hydrogens (tertiary/aromatic N) is 3. The molecule has 0 radical (unpaired) electrons. The predicted octanol–water partition coefficient (Wildman–Crippen LogP) is 3.15. The number of aromatic nitrogens is 2. The Morgan fingerprint density at radius 3 is 2.85 bits per heavy atom. The summed E-state index contributed by atoms with van der Waals surface area (Å²) in [6.07, 6.45) is 4.95. The molecule has 13 heteroatoms. The van der Waals surface area contributed by atoms with Gasteiger partial charge in [-0.3, -0.25) is 19.7 Å². The lowest BCUT2D eigenvalue weighted by Gasteiger charge is -2.17. The van der Waals surface area contributed by atoms with Gasteiger partial charge in [0.1, 0.15) is 11.9 Å². The summed E-state index contributed by atoms with van der Waals surface area (Å²) in [6, 6.07) is 7.30. The Balaban J connectivity index is 1.21. The van der Waals surface area contributed by atoms with Gasteiger partial charge in [-0.1, -0.05) is 6.07 Å². The van der Waals surface area contributed by atoms with Crippen molar-refractivity contribution in [2.24, 2.45) is 0 Å². The van der Waals surface area contributed by atoms with E-state index in [1.807, 2.05) is 6.07 Å². The summed E-state index contributed by atoms with van der Waals surface area (Å²) >= 11 is 0.986. The number of benzene rings is 1. The van der Waals surface area contributed by atoms with Crippen LogP contribution in [0.5, 0.6) is 0 Å². The molecule has 39 heavy (non-hydrogen) atoms. The van der Waals surface area contributed by atoms with E-state index in [2.05, 4.69) is 32.0 Å². The number of carbonyl (C=O) groups is 3. The number of nitrogens with one attached hydrogen (secondary N) is 3. The number of fused-ring (bicyclic) bond motifs is 2. The highest BCUT2D eigenvalue weighted by molar-refractivity contribution is 7.20. The second kappa shape index (κ2) is 13.1. The lowest BCUT2D eigenvalue weighted by atomic mass is 10.1. The van der Waals surface area contributed by atoms with E-state index in [0.717, 1.165) is 55.1 Å². The Bertz CT molecular complexity index is 1380. The molecule has 0 saturated heterocycles. The lowest BCUT2D eigenvalue weighted by Crippen LogP contribution is -2.43. The molecule has 3 heterocycles. The fourth-order valence-electron chi connectivity index (χ4n) is 4.28. The number of nitro benzene ring substituents is 1. The molecule has 206 valence electrons. The summed E-state index contributed by atoms with van der Waals surface area (Å²) in [5.41, 5.74) is 2.59. The first-order valence-electron chi connectivity index (χ1n) is 12.8. The molecule has 3 aromatic rings. The number of unbranched alkanes of at least 4 members (excludes halogenated alkanes) is 1. The van der Waals surface area contributed by atoms with Crippen LogP contribution in [0.1, 0.15) is 53.2 Å². The van der Waals surface area contributed by atoms with E-state index in [4.69, 9.17) is 4.74 Å². The minimum Gasteiger partial charge on any atom is -0.467 e. The van der Waals surface area contributed by atoms with E-state index in [9.17, 15) is 24.5 Å². The summed E-state index contributed by atoms with van der Waals surface area (Å²) in [5, 5.41) is 19.7. The van der Waals surface area contributed by atoms with Crippen LogP contribution in [0.15, 0.2) is 30.3 Å². The van der Waals surface area contributed by atoms with Crippen LogP contribution in [0.2, 0.25) is 0 Å². The molecule has 0 spiro atoms. The number of carbonyl (C=O) groups excluding carboxylic acids is 3. The number of rotatable bonds is 12. The second-order valence-electron chi connectivity index (χ2n) is 9.16. The zero-order valence-electron chi connectivity index (χ0n) is 21.5. The number of hydrogen-bond donors (Lipinski definition) is 3. The number of esters is 1. The molecule has 0 saturated carbocycles. The molecule has 0 aliphatic carbocycles. The summed E-state index contributed by atoms with van der Waals surface area (Å²) in [4.78, 5) is 56.6. The van der Waals surface area contributed by atoms with Crippen molar-refractivity contribution in [1.29, 1.82) is 0 Å². The number of hydrogen-bond acceptors (Lipinski definition) is 10. The zero-order chi connectivity index (χ0) is 27.8. The van der Waals surface area contributed by atoms with E-state index in [-0.39, 0.29) is 29.6 Å². The molecule has 3 N–H and O–H groups in total. The molecule has 1 atom stereocenters. The molecule has 2 aromatic heterocycles. The molecule has 0 fully saturated rings. The highest BCUT2D eigenvalue weighted by Gasteiger charge is 2.24. The smallest absolute Gasteiger partial charge is 0.328 e. The Labute approximate surface area is 228 Å². The lowest BCUT2D eigenvalue weighted by molar-refractivity contribution is -0.384. The quantitative estimate of drug-likeness (QED) is 0.132. The zero-order valence-corrected chi connectivity index (χ0v) is 22.3. The number of non-ortho nitro benzene ring substituents is 1. The van der Waals surface area contributed by atoms with E-state index in [1.165, 1.54) is 30.9 Å².